The zero-order valence-electron chi connectivity index (χ0n) is 15.2. The molecule has 1 amide bonds. The predicted octanol–water partition coefficient (Wildman–Crippen LogP) is 4.17. The summed E-state index contributed by atoms with van der Waals surface area (Å²) < 4.78 is 2.07. The Morgan fingerprint density at radius 1 is 1.12 bits per heavy atom. The quantitative estimate of drug-likeness (QED) is 0.913. The largest absolute Gasteiger partial charge is 0.349 e. The first kappa shape index (κ1) is 16.4. The van der Waals surface area contributed by atoms with Gasteiger partial charge in [-0.25, -0.2) is 4.68 Å². The average Bonchev–Trinajstić information content (AvgIpc) is 3.27. The summed E-state index contributed by atoms with van der Waals surface area (Å²) in [5.41, 5.74) is 6.16. The van der Waals surface area contributed by atoms with Crippen LogP contribution in [0.4, 0.5) is 0 Å². The number of aromatic nitrogens is 2. The lowest BCUT2D eigenvalue weighted by Crippen LogP contribution is -2.34. The number of benzene rings is 1. The van der Waals surface area contributed by atoms with Crippen molar-refractivity contribution in [1.82, 2.24) is 15.1 Å². The molecule has 0 spiro atoms. The minimum Gasteiger partial charge on any atom is -0.349 e. The molecule has 1 saturated carbocycles. The molecule has 4 nitrogen and oxygen atoms in total. The molecule has 0 unspecified atom stereocenters. The Morgan fingerprint density at radius 3 is 2.68 bits per heavy atom. The number of hydrogen-bond donors (Lipinski definition) is 1. The average molecular weight is 337 g/mol. The number of fused-ring (bicyclic) bond motifs is 1. The van der Waals surface area contributed by atoms with Crippen molar-refractivity contribution < 1.29 is 4.79 Å². The highest BCUT2D eigenvalue weighted by Crippen LogP contribution is 2.33. The van der Waals surface area contributed by atoms with Gasteiger partial charge in [0.05, 0.1) is 17.9 Å². The van der Waals surface area contributed by atoms with Crippen molar-refractivity contribution in [1.29, 1.82) is 0 Å². The Labute approximate surface area is 149 Å². The van der Waals surface area contributed by atoms with Crippen LogP contribution in [0.25, 0.3) is 5.69 Å². The second-order valence-corrected chi connectivity index (χ2v) is 7.66. The minimum absolute atomic E-state index is 0.122. The van der Waals surface area contributed by atoms with E-state index in [1.165, 1.54) is 35.2 Å². The smallest absolute Gasteiger partial charge is 0.223 e. The molecule has 1 atom stereocenters. The van der Waals surface area contributed by atoms with E-state index in [0.717, 1.165) is 37.8 Å². The van der Waals surface area contributed by atoms with Crippen molar-refractivity contribution >= 4 is 5.91 Å². The summed E-state index contributed by atoms with van der Waals surface area (Å²) >= 11 is 0. The molecule has 0 radical (unpaired) electrons. The maximum atomic E-state index is 12.5. The van der Waals surface area contributed by atoms with Gasteiger partial charge in [0, 0.05) is 17.2 Å². The van der Waals surface area contributed by atoms with Crippen LogP contribution in [0.2, 0.25) is 0 Å². The highest BCUT2D eigenvalue weighted by Gasteiger charge is 2.29. The van der Waals surface area contributed by atoms with Gasteiger partial charge in [0.2, 0.25) is 5.91 Å². The van der Waals surface area contributed by atoms with Crippen LogP contribution in [0, 0.1) is 19.8 Å². The molecule has 132 valence electrons. The molecule has 1 aromatic carbocycles. The fourth-order valence-electron chi connectivity index (χ4n) is 4.26. The Bertz CT molecular complexity index is 786. The monoisotopic (exact) mass is 337 g/mol. The van der Waals surface area contributed by atoms with E-state index >= 15 is 0 Å². The molecular formula is C21H27N3O. The van der Waals surface area contributed by atoms with Crippen molar-refractivity contribution in [3.63, 3.8) is 0 Å². The van der Waals surface area contributed by atoms with Gasteiger partial charge in [-0.1, -0.05) is 18.9 Å². The molecule has 2 aliphatic carbocycles. The van der Waals surface area contributed by atoms with E-state index in [1.54, 1.807) is 0 Å². The summed E-state index contributed by atoms with van der Waals surface area (Å²) in [5, 5.41) is 7.97. The fourth-order valence-corrected chi connectivity index (χ4v) is 4.26. The van der Waals surface area contributed by atoms with Crippen molar-refractivity contribution in [2.75, 3.05) is 0 Å². The van der Waals surface area contributed by atoms with Crippen LogP contribution in [0.1, 0.15) is 67.0 Å². The topological polar surface area (TPSA) is 46.9 Å². The Kier molecular flexibility index (Phi) is 4.36. The van der Waals surface area contributed by atoms with Crippen LogP contribution in [0.3, 0.4) is 0 Å². The Balaban J connectivity index is 1.59. The van der Waals surface area contributed by atoms with Crippen LogP contribution < -0.4 is 5.32 Å². The maximum Gasteiger partial charge on any atom is 0.223 e. The first-order valence-electron chi connectivity index (χ1n) is 9.58. The number of aryl methyl sites for hydroxylation is 2. The summed E-state index contributed by atoms with van der Waals surface area (Å²) in [6, 6.07) is 6.61. The molecule has 0 bridgehead atoms. The second kappa shape index (κ2) is 6.66. The van der Waals surface area contributed by atoms with Crippen LogP contribution in [-0.2, 0) is 11.2 Å². The van der Waals surface area contributed by atoms with Gasteiger partial charge in [-0.15, -0.1) is 0 Å². The van der Waals surface area contributed by atoms with E-state index in [-0.39, 0.29) is 17.9 Å². The van der Waals surface area contributed by atoms with Crippen LogP contribution in [0.5, 0.6) is 0 Å². The lowest BCUT2D eigenvalue weighted by molar-refractivity contribution is -0.125. The third-order valence-electron chi connectivity index (χ3n) is 5.96. The highest BCUT2D eigenvalue weighted by atomic mass is 16.1. The zero-order chi connectivity index (χ0) is 17.4. The normalized spacial score (nSPS) is 20.5. The highest BCUT2D eigenvalue weighted by molar-refractivity contribution is 5.79. The summed E-state index contributed by atoms with van der Waals surface area (Å²) in [7, 11) is 0. The molecule has 0 saturated heterocycles. The molecule has 1 heterocycles. The van der Waals surface area contributed by atoms with E-state index in [4.69, 9.17) is 0 Å². The van der Waals surface area contributed by atoms with Gasteiger partial charge >= 0.3 is 0 Å². The molecule has 0 aliphatic heterocycles. The number of nitrogens with zero attached hydrogens (tertiary/aromatic N) is 2. The van der Waals surface area contributed by atoms with E-state index in [9.17, 15) is 4.79 Å². The van der Waals surface area contributed by atoms with Crippen LogP contribution in [-0.4, -0.2) is 15.7 Å². The summed E-state index contributed by atoms with van der Waals surface area (Å²) in [6.07, 6.45) is 9.59. The molecule has 4 heteroatoms. The zero-order valence-corrected chi connectivity index (χ0v) is 15.2. The molecule has 1 aromatic heterocycles. The van der Waals surface area contributed by atoms with Gasteiger partial charge in [0.15, 0.2) is 0 Å². The van der Waals surface area contributed by atoms with Gasteiger partial charge in [0.25, 0.3) is 0 Å². The van der Waals surface area contributed by atoms with E-state index in [2.05, 4.69) is 47.1 Å². The molecule has 2 aromatic rings. The summed E-state index contributed by atoms with van der Waals surface area (Å²) in [5.74, 6) is 0.467. The van der Waals surface area contributed by atoms with E-state index in [0.29, 0.717) is 0 Å². The SMILES string of the molecule is Cc1ccc(-n2ncc3c2CCC[C@H]3NC(=O)C2CCCC2)cc1C. The predicted molar refractivity (Wildman–Crippen MR) is 98.8 cm³/mol. The Hall–Kier alpha value is -2.10. The second-order valence-electron chi connectivity index (χ2n) is 7.66. The number of hydrogen-bond acceptors (Lipinski definition) is 2. The first-order chi connectivity index (χ1) is 12.1. The van der Waals surface area contributed by atoms with Gasteiger partial charge in [-0.2, -0.15) is 5.10 Å². The summed E-state index contributed by atoms with van der Waals surface area (Å²) in [6.45, 7) is 4.27. The molecular weight excluding hydrogens is 310 g/mol. The Morgan fingerprint density at radius 2 is 1.92 bits per heavy atom. The van der Waals surface area contributed by atoms with Gasteiger partial charge in [-0.3, -0.25) is 4.79 Å². The maximum absolute atomic E-state index is 12.5. The van der Waals surface area contributed by atoms with Crippen molar-refractivity contribution in [2.45, 2.75) is 64.8 Å². The van der Waals surface area contributed by atoms with Gasteiger partial charge in [-0.05, 0) is 69.2 Å². The number of amides is 1. The molecule has 4 rings (SSSR count). The number of rotatable bonds is 3. The van der Waals surface area contributed by atoms with Crippen LogP contribution in [0.15, 0.2) is 24.4 Å². The first-order valence-corrected chi connectivity index (χ1v) is 9.58. The van der Waals surface area contributed by atoms with Crippen molar-refractivity contribution in [3.8, 4) is 5.69 Å². The van der Waals surface area contributed by atoms with Crippen LogP contribution >= 0.6 is 0 Å². The van der Waals surface area contributed by atoms with Gasteiger partial charge in [0.1, 0.15) is 0 Å². The van der Waals surface area contributed by atoms with E-state index < -0.39 is 0 Å². The lowest BCUT2D eigenvalue weighted by Gasteiger charge is -2.25. The summed E-state index contributed by atoms with van der Waals surface area (Å²) in [4.78, 5) is 12.5. The standard InChI is InChI=1S/C21H27N3O/c1-14-10-11-17(12-15(14)2)24-20-9-5-8-19(18(20)13-22-24)23-21(25)16-6-3-4-7-16/h10-13,16,19H,3-9H2,1-2H3,(H,23,25)/t19-/m1/s1. The number of carbonyl (C=O) groups is 1. The number of carbonyl (C=O) groups excluding carboxylic acids is 1. The number of nitrogens with one attached hydrogen (secondary N) is 1. The lowest BCUT2D eigenvalue weighted by atomic mass is 9.92. The van der Waals surface area contributed by atoms with E-state index in [1.807, 2.05) is 6.20 Å². The minimum atomic E-state index is 0.122. The molecule has 1 fully saturated rings. The fraction of sp³-hybridized carbons (Fsp3) is 0.524. The van der Waals surface area contributed by atoms with Gasteiger partial charge < -0.3 is 5.32 Å². The molecule has 1 N–H and O–H groups in total. The van der Waals surface area contributed by atoms with Crippen molar-refractivity contribution in [2.24, 2.45) is 5.92 Å². The third-order valence-corrected chi connectivity index (χ3v) is 5.96. The molecule has 2 aliphatic rings. The van der Waals surface area contributed by atoms with Crippen molar-refractivity contribution in [3.05, 3.63) is 46.8 Å². The third kappa shape index (κ3) is 3.10. The molecule has 25 heavy (non-hydrogen) atoms.